The van der Waals surface area contributed by atoms with E-state index in [1.807, 2.05) is 27.0 Å². The van der Waals surface area contributed by atoms with Crippen LogP contribution in [0.1, 0.15) is 47.8 Å². The fourth-order valence-corrected chi connectivity index (χ4v) is 4.36. The number of fused-ring (bicyclic) bond motifs is 2. The number of hydrogen-bond donors (Lipinski definition) is 2. The molecule has 6 nitrogen and oxygen atoms in total. The second kappa shape index (κ2) is 5.73. The van der Waals surface area contributed by atoms with Crippen LogP contribution < -0.4 is 10.9 Å². The topological polar surface area (TPSA) is 75.6 Å². The number of H-pyrrole nitrogens is 1. The first-order valence-corrected chi connectivity index (χ1v) is 9.17. The highest BCUT2D eigenvalue weighted by molar-refractivity contribution is 7.18. The van der Waals surface area contributed by atoms with Crippen molar-refractivity contribution in [3.63, 3.8) is 0 Å². The first kappa shape index (κ1) is 15.4. The van der Waals surface area contributed by atoms with Gasteiger partial charge in [0, 0.05) is 11.4 Å². The number of hydrogen-bond acceptors (Lipinski definition) is 5. The zero-order chi connectivity index (χ0) is 16.8. The van der Waals surface area contributed by atoms with E-state index >= 15 is 0 Å². The Morgan fingerprint density at radius 3 is 3.04 bits per heavy atom. The highest BCUT2D eigenvalue weighted by Gasteiger charge is 2.19. The fraction of sp³-hybridized carbons (Fsp3) is 0.471. The Balaban J connectivity index is 1.67. The molecule has 1 aliphatic heterocycles. The highest BCUT2D eigenvalue weighted by atomic mass is 32.1. The predicted octanol–water partition coefficient (Wildman–Crippen LogP) is 3.31. The van der Waals surface area contributed by atoms with E-state index < -0.39 is 0 Å². The molecule has 0 aromatic carbocycles. The molecule has 1 atom stereocenters. The molecule has 2 N–H and O–H groups in total. The van der Waals surface area contributed by atoms with Crippen LogP contribution in [0.15, 0.2) is 11.0 Å². The lowest BCUT2D eigenvalue weighted by molar-refractivity contribution is 0.486. The summed E-state index contributed by atoms with van der Waals surface area (Å²) in [6.07, 6.45) is 5.31. The number of aromatic amines is 1. The summed E-state index contributed by atoms with van der Waals surface area (Å²) in [5, 5.41) is 8.64. The van der Waals surface area contributed by atoms with Gasteiger partial charge in [-0.3, -0.25) is 9.48 Å². The van der Waals surface area contributed by atoms with Crippen molar-refractivity contribution >= 4 is 27.2 Å². The maximum absolute atomic E-state index is 12.4. The van der Waals surface area contributed by atoms with E-state index in [2.05, 4.69) is 25.1 Å². The van der Waals surface area contributed by atoms with E-state index in [0.29, 0.717) is 5.82 Å². The van der Waals surface area contributed by atoms with Crippen LogP contribution in [-0.4, -0.2) is 19.7 Å². The molecule has 0 saturated heterocycles. The van der Waals surface area contributed by atoms with Crippen molar-refractivity contribution in [1.29, 1.82) is 0 Å². The lowest BCUT2D eigenvalue weighted by Crippen LogP contribution is -2.18. The summed E-state index contributed by atoms with van der Waals surface area (Å²) in [4.78, 5) is 22.0. The van der Waals surface area contributed by atoms with Gasteiger partial charge in [-0.2, -0.15) is 5.10 Å². The summed E-state index contributed by atoms with van der Waals surface area (Å²) in [7, 11) is 0. The molecule has 0 radical (unpaired) electrons. The zero-order valence-corrected chi connectivity index (χ0v) is 15.0. The average molecular weight is 343 g/mol. The number of aromatic nitrogens is 4. The largest absolute Gasteiger partial charge is 0.373 e. The molecule has 4 heterocycles. The minimum atomic E-state index is -0.0827. The molecule has 1 aliphatic rings. The summed E-state index contributed by atoms with van der Waals surface area (Å²) < 4.78 is 2.07. The van der Waals surface area contributed by atoms with Crippen molar-refractivity contribution in [3.05, 3.63) is 38.5 Å². The molecule has 24 heavy (non-hydrogen) atoms. The molecule has 0 saturated carbocycles. The normalized spacial score (nSPS) is 15.5. The number of thiophene rings is 1. The van der Waals surface area contributed by atoms with Crippen LogP contribution in [0.5, 0.6) is 0 Å². The van der Waals surface area contributed by atoms with Crippen LogP contribution in [0.2, 0.25) is 0 Å². The maximum Gasteiger partial charge on any atom is 0.259 e. The van der Waals surface area contributed by atoms with E-state index in [4.69, 9.17) is 0 Å². The standard InChI is InChI=1S/C17H21N5OS/c1-9-11(3)24-17-14(9)16(23)20-15(21-17)10(2)19-12-8-18-22-7-5-4-6-13(12)22/h8,10,19H,4-7H2,1-3H3,(H,20,21,23). The van der Waals surface area contributed by atoms with E-state index in [-0.39, 0.29) is 11.6 Å². The van der Waals surface area contributed by atoms with Gasteiger partial charge in [0.15, 0.2) is 0 Å². The minimum Gasteiger partial charge on any atom is -0.373 e. The van der Waals surface area contributed by atoms with Gasteiger partial charge >= 0.3 is 0 Å². The van der Waals surface area contributed by atoms with Gasteiger partial charge in [0.2, 0.25) is 0 Å². The van der Waals surface area contributed by atoms with Gasteiger partial charge in [-0.1, -0.05) is 0 Å². The Labute approximate surface area is 143 Å². The van der Waals surface area contributed by atoms with Gasteiger partial charge in [0.1, 0.15) is 10.7 Å². The molecule has 4 rings (SSSR count). The van der Waals surface area contributed by atoms with Crippen molar-refractivity contribution in [3.8, 4) is 0 Å². The molecular weight excluding hydrogens is 322 g/mol. The second-order valence-corrected chi connectivity index (χ2v) is 7.67. The first-order chi connectivity index (χ1) is 11.5. The van der Waals surface area contributed by atoms with Crippen molar-refractivity contribution in [2.45, 2.75) is 52.6 Å². The molecule has 126 valence electrons. The SMILES string of the molecule is Cc1sc2nc(C(C)Nc3cnn4c3CCCC4)[nH]c(=O)c2c1C. The Kier molecular flexibility index (Phi) is 3.68. The van der Waals surface area contributed by atoms with E-state index in [1.165, 1.54) is 18.5 Å². The molecule has 1 unspecified atom stereocenters. The summed E-state index contributed by atoms with van der Waals surface area (Å²) >= 11 is 1.58. The quantitative estimate of drug-likeness (QED) is 0.765. The van der Waals surface area contributed by atoms with E-state index in [1.54, 1.807) is 11.3 Å². The predicted molar refractivity (Wildman–Crippen MR) is 96.9 cm³/mol. The molecule has 0 amide bonds. The molecular formula is C17H21N5OS. The molecule has 7 heteroatoms. The van der Waals surface area contributed by atoms with Crippen molar-refractivity contribution in [2.24, 2.45) is 0 Å². The molecule has 0 bridgehead atoms. The Morgan fingerprint density at radius 2 is 2.21 bits per heavy atom. The van der Waals surface area contributed by atoms with Crippen LogP contribution >= 0.6 is 11.3 Å². The Bertz CT molecular complexity index is 967. The number of rotatable bonds is 3. The van der Waals surface area contributed by atoms with Crippen LogP contribution in [-0.2, 0) is 13.0 Å². The minimum absolute atomic E-state index is 0.0532. The monoisotopic (exact) mass is 343 g/mol. The van der Waals surface area contributed by atoms with Crippen LogP contribution in [0.4, 0.5) is 5.69 Å². The lowest BCUT2D eigenvalue weighted by Gasteiger charge is -2.18. The van der Waals surface area contributed by atoms with Crippen LogP contribution in [0, 0.1) is 13.8 Å². The molecule has 3 aromatic rings. The summed E-state index contributed by atoms with van der Waals surface area (Å²) in [6, 6.07) is -0.0827. The molecule has 0 spiro atoms. The summed E-state index contributed by atoms with van der Waals surface area (Å²) in [5.74, 6) is 0.671. The van der Waals surface area contributed by atoms with Gasteiger partial charge in [0.05, 0.1) is 29.0 Å². The number of nitrogens with one attached hydrogen (secondary N) is 2. The Morgan fingerprint density at radius 1 is 1.38 bits per heavy atom. The average Bonchev–Trinajstić information content (AvgIpc) is 3.09. The molecule has 0 aliphatic carbocycles. The third kappa shape index (κ3) is 2.43. The Hall–Kier alpha value is -2.15. The molecule has 0 fully saturated rings. The van der Waals surface area contributed by atoms with Crippen molar-refractivity contribution in [2.75, 3.05) is 5.32 Å². The second-order valence-electron chi connectivity index (χ2n) is 6.47. The van der Waals surface area contributed by atoms with E-state index in [9.17, 15) is 4.79 Å². The zero-order valence-electron chi connectivity index (χ0n) is 14.1. The number of anilines is 1. The third-order valence-corrected chi connectivity index (χ3v) is 5.92. The number of aryl methyl sites for hydroxylation is 3. The van der Waals surface area contributed by atoms with Crippen molar-refractivity contribution in [1.82, 2.24) is 19.7 Å². The molecule has 3 aromatic heterocycles. The fourth-order valence-electron chi connectivity index (χ4n) is 3.32. The van der Waals surface area contributed by atoms with Crippen molar-refractivity contribution < 1.29 is 0 Å². The first-order valence-electron chi connectivity index (χ1n) is 8.35. The van der Waals surface area contributed by atoms with E-state index in [0.717, 1.165) is 39.3 Å². The van der Waals surface area contributed by atoms with Crippen LogP contribution in [0.3, 0.4) is 0 Å². The van der Waals surface area contributed by atoms with Gasteiger partial charge in [-0.15, -0.1) is 11.3 Å². The maximum atomic E-state index is 12.4. The van der Waals surface area contributed by atoms with Gasteiger partial charge in [-0.25, -0.2) is 4.98 Å². The lowest BCUT2D eigenvalue weighted by atomic mass is 10.1. The van der Waals surface area contributed by atoms with Gasteiger partial charge in [0.25, 0.3) is 5.56 Å². The highest BCUT2D eigenvalue weighted by Crippen LogP contribution is 2.28. The number of nitrogens with zero attached hydrogens (tertiary/aromatic N) is 3. The summed E-state index contributed by atoms with van der Waals surface area (Å²) in [5.41, 5.74) is 3.27. The van der Waals surface area contributed by atoms with Gasteiger partial charge < -0.3 is 10.3 Å². The third-order valence-electron chi connectivity index (χ3n) is 4.82. The summed E-state index contributed by atoms with van der Waals surface area (Å²) in [6.45, 7) is 7.01. The smallest absolute Gasteiger partial charge is 0.259 e. The van der Waals surface area contributed by atoms with Crippen LogP contribution in [0.25, 0.3) is 10.2 Å². The van der Waals surface area contributed by atoms with Gasteiger partial charge in [-0.05, 0) is 45.6 Å².